The molecular formula is C13H15N5S. The van der Waals surface area contributed by atoms with Gasteiger partial charge < -0.3 is 5.32 Å². The minimum atomic E-state index is 0.339. The van der Waals surface area contributed by atoms with Crippen LogP contribution in [0.3, 0.4) is 0 Å². The molecule has 3 aromatic heterocycles. The van der Waals surface area contributed by atoms with Crippen LogP contribution in [0.1, 0.15) is 25.6 Å². The quantitative estimate of drug-likeness (QED) is 0.793. The third kappa shape index (κ3) is 2.44. The molecule has 0 atom stereocenters. The van der Waals surface area contributed by atoms with Gasteiger partial charge >= 0.3 is 0 Å². The summed E-state index contributed by atoms with van der Waals surface area (Å²) in [7, 11) is 0. The second-order valence-corrected chi connectivity index (χ2v) is 5.55. The summed E-state index contributed by atoms with van der Waals surface area (Å²) < 4.78 is 3.04. The van der Waals surface area contributed by atoms with E-state index in [0.29, 0.717) is 12.6 Å². The maximum absolute atomic E-state index is 4.32. The highest BCUT2D eigenvalue weighted by Gasteiger charge is 2.06. The van der Waals surface area contributed by atoms with Crippen LogP contribution in [0.25, 0.3) is 10.2 Å². The van der Waals surface area contributed by atoms with Gasteiger partial charge in [-0.1, -0.05) is 5.21 Å². The average Bonchev–Trinajstić information content (AvgIpc) is 3.05. The van der Waals surface area contributed by atoms with Gasteiger partial charge in [0.2, 0.25) is 0 Å². The molecule has 1 N–H and O–H groups in total. The van der Waals surface area contributed by atoms with E-state index in [4.69, 9.17) is 0 Å². The van der Waals surface area contributed by atoms with Gasteiger partial charge in [-0.2, -0.15) is 0 Å². The Kier molecular flexibility index (Phi) is 3.16. The van der Waals surface area contributed by atoms with E-state index in [-0.39, 0.29) is 0 Å². The molecule has 0 aliphatic heterocycles. The second kappa shape index (κ2) is 4.97. The molecule has 0 saturated heterocycles. The minimum absolute atomic E-state index is 0.339. The van der Waals surface area contributed by atoms with Crippen molar-refractivity contribution in [3.8, 4) is 0 Å². The highest BCUT2D eigenvalue weighted by molar-refractivity contribution is 7.17. The van der Waals surface area contributed by atoms with Crippen LogP contribution < -0.4 is 5.32 Å². The molecule has 5 nitrogen and oxygen atoms in total. The first-order valence-electron chi connectivity index (χ1n) is 6.21. The van der Waals surface area contributed by atoms with Crippen molar-refractivity contribution in [1.29, 1.82) is 0 Å². The molecule has 0 unspecified atom stereocenters. The van der Waals surface area contributed by atoms with Gasteiger partial charge in [0, 0.05) is 12.2 Å². The number of fused-ring (bicyclic) bond motifs is 1. The van der Waals surface area contributed by atoms with Crippen LogP contribution in [0.4, 0.5) is 5.69 Å². The number of pyridine rings is 1. The first kappa shape index (κ1) is 12.1. The number of rotatable bonds is 4. The Balaban J connectivity index is 1.76. The third-order valence-corrected chi connectivity index (χ3v) is 3.83. The highest BCUT2D eigenvalue weighted by Crippen LogP contribution is 2.26. The average molecular weight is 273 g/mol. The number of nitrogens with one attached hydrogen (secondary N) is 1. The smallest absolute Gasteiger partial charge is 0.102 e. The lowest BCUT2D eigenvalue weighted by molar-refractivity contribution is 0.514. The summed E-state index contributed by atoms with van der Waals surface area (Å²) in [5.41, 5.74) is 3.06. The van der Waals surface area contributed by atoms with Gasteiger partial charge in [-0.05, 0) is 31.4 Å². The first-order valence-corrected chi connectivity index (χ1v) is 7.09. The van der Waals surface area contributed by atoms with Crippen LogP contribution in [0, 0.1) is 0 Å². The van der Waals surface area contributed by atoms with Crippen LogP contribution in [0.5, 0.6) is 0 Å². The lowest BCUT2D eigenvalue weighted by atomic mass is 10.3. The summed E-state index contributed by atoms with van der Waals surface area (Å²) in [6.07, 6.45) is 3.80. The van der Waals surface area contributed by atoms with E-state index in [1.165, 1.54) is 4.70 Å². The van der Waals surface area contributed by atoms with Crippen molar-refractivity contribution in [3.05, 3.63) is 35.6 Å². The molecule has 0 aromatic carbocycles. The predicted octanol–water partition coefficient (Wildman–Crippen LogP) is 3.08. The molecule has 3 rings (SSSR count). The SMILES string of the molecule is CC(C)n1cc(CNc2ccnc3ccsc23)nn1. The summed E-state index contributed by atoms with van der Waals surface area (Å²) >= 11 is 1.69. The van der Waals surface area contributed by atoms with E-state index in [1.807, 2.05) is 29.2 Å². The van der Waals surface area contributed by atoms with Crippen molar-refractivity contribution in [2.75, 3.05) is 5.32 Å². The molecule has 0 radical (unpaired) electrons. The number of aromatic nitrogens is 4. The number of anilines is 1. The van der Waals surface area contributed by atoms with Crippen molar-refractivity contribution in [2.45, 2.75) is 26.4 Å². The lowest BCUT2D eigenvalue weighted by Gasteiger charge is -2.05. The molecule has 19 heavy (non-hydrogen) atoms. The third-order valence-electron chi connectivity index (χ3n) is 2.89. The van der Waals surface area contributed by atoms with E-state index in [9.17, 15) is 0 Å². The van der Waals surface area contributed by atoms with E-state index < -0.39 is 0 Å². The zero-order valence-corrected chi connectivity index (χ0v) is 11.7. The Hall–Kier alpha value is -1.95. The number of hydrogen-bond acceptors (Lipinski definition) is 5. The zero-order valence-electron chi connectivity index (χ0n) is 10.9. The lowest BCUT2D eigenvalue weighted by Crippen LogP contribution is -2.01. The fourth-order valence-electron chi connectivity index (χ4n) is 1.85. The van der Waals surface area contributed by atoms with Crippen LogP contribution in [-0.2, 0) is 6.54 Å². The summed E-state index contributed by atoms with van der Waals surface area (Å²) in [6, 6.07) is 4.36. The zero-order chi connectivity index (χ0) is 13.2. The largest absolute Gasteiger partial charge is 0.378 e. The fraction of sp³-hybridized carbons (Fsp3) is 0.308. The molecule has 0 saturated carbocycles. The standard InChI is InChI=1S/C13H15N5S/c1-9(2)18-8-10(16-17-18)7-15-11-3-5-14-12-4-6-19-13(11)12/h3-6,8-9H,7H2,1-2H3,(H,14,15). The van der Waals surface area contributed by atoms with Crippen molar-refractivity contribution in [2.24, 2.45) is 0 Å². The van der Waals surface area contributed by atoms with E-state index in [1.54, 1.807) is 11.3 Å². The number of hydrogen-bond donors (Lipinski definition) is 1. The van der Waals surface area contributed by atoms with Crippen LogP contribution in [0.2, 0.25) is 0 Å². The molecule has 0 aliphatic carbocycles. The maximum atomic E-state index is 4.32. The Morgan fingerprint density at radius 1 is 1.37 bits per heavy atom. The highest BCUT2D eigenvalue weighted by atomic mass is 32.1. The molecule has 0 bridgehead atoms. The molecule has 3 aromatic rings. The van der Waals surface area contributed by atoms with Gasteiger partial charge in [0.1, 0.15) is 5.69 Å². The van der Waals surface area contributed by atoms with Crippen LogP contribution in [-0.4, -0.2) is 20.0 Å². The van der Waals surface area contributed by atoms with Crippen molar-refractivity contribution >= 4 is 27.2 Å². The van der Waals surface area contributed by atoms with E-state index in [2.05, 4.69) is 39.8 Å². The Morgan fingerprint density at radius 2 is 2.26 bits per heavy atom. The second-order valence-electron chi connectivity index (χ2n) is 4.63. The summed E-state index contributed by atoms with van der Waals surface area (Å²) in [4.78, 5) is 4.32. The van der Waals surface area contributed by atoms with Gasteiger partial charge in [0.15, 0.2) is 0 Å². The minimum Gasteiger partial charge on any atom is -0.378 e. The molecule has 0 fully saturated rings. The Bertz CT molecular complexity index is 685. The summed E-state index contributed by atoms with van der Waals surface area (Å²) in [5.74, 6) is 0. The summed E-state index contributed by atoms with van der Waals surface area (Å²) in [6.45, 7) is 4.84. The van der Waals surface area contributed by atoms with Crippen molar-refractivity contribution < 1.29 is 0 Å². The molecule has 0 aliphatic rings. The topological polar surface area (TPSA) is 55.6 Å². The molecule has 0 spiro atoms. The number of thiophene rings is 1. The molecule has 6 heteroatoms. The summed E-state index contributed by atoms with van der Waals surface area (Å²) in [5, 5.41) is 13.7. The number of nitrogens with zero attached hydrogens (tertiary/aromatic N) is 4. The van der Waals surface area contributed by atoms with E-state index in [0.717, 1.165) is 16.9 Å². The van der Waals surface area contributed by atoms with E-state index >= 15 is 0 Å². The molecule has 0 amide bonds. The normalized spacial score (nSPS) is 11.3. The van der Waals surface area contributed by atoms with Gasteiger partial charge in [-0.3, -0.25) is 4.98 Å². The maximum Gasteiger partial charge on any atom is 0.102 e. The van der Waals surface area contributed by atoms with Gasteiger partial charge in [0.05, 0.1) is 28.6 Å². The van der Waals surface area contributed by atoms with Gasteiger partial charge in [-0.25, -0.2) is 4.68 Å². The molecule has 3 heterocycles. The van der Waals surface area contributed by atoms with Crippen molar-refractivity contribution in [1.82, 2.24) is 20.0 Å². The Labute approximate surface area is 115 Å². The fourth-order valence-corrected chi connectivity index (χ4v) is 2.69. The van der Waals surface area contributed by atoms with Crippen LogP contribution >= 0.6 is 11.3 Å². The molecule has 98 valence electrons. The monoisotopic (exact) mass is 273 g/mol. The van der Waals surface area contributed by atoms with Gasteiger partial charge in [-0.15, -0.1) is 16.4 Å². The Morgan fingerprint density at radius 3 is 3.05 bits per heavy atom. The van der Waals surface area contributed by atoms with Gasteiger partial charge in [0.25, 0.3) is 0 Å². The predicted molar refractivity (Wildman–Crippen MR) is 77.4 cm³/mol. The molecular weight excluding hydrogens is 258 g/mol. The van der Waals surface area contributed by atoms with Crippen LogP contribution in [0.15, 0.2) is 29.9 Å². The first-order chi connectivity index (χ1) is 9.24. The van der Waals surface area contributed by atoms with Crippen molar-refractivity contribution in [3.63, 3.8) is 0 Å².